The van der Waals surface area contributed by atoms with Crippen molar-refractivity contribution < 1.29 is 23.5 Å². The SMILES string of the molecule is Cc1cc(C(=O)CN2C(=O)N[C@]3(CCOc4ccccc43)C2=O)c(C)n1Cc1ccco1. The second kappa shape index (κ2) is 7.40. The normalized spacial score (nSPS) is 19.8. The molecule has 0 bridgehead atoms. The van der Waals surface area contributed by atoms with Crippen molar-refractivity contribution in [2.45, 2.75) is 32.4 Å². The Morgan fingerprint density at radius 2 is 1.97 bits per heavy atom. The fourth-order valence-electron chi connectivity index (χ4n) is 4.63. The summed E-state index contributed by atoms with van der Waals surface area (Å²) in [6.45, 7) is 4.25. The Morgan fingerprint density at radius 1 is 1.16 bits per heavy atom. The number of carbonyl (C=O) groups excluding carboxylic acids is 3. The van der Waals surface area contributed by atoms with Crippen molar-refractivity contribution >= 4 is 17.7 Å². The standard InChI is InChI=1S/C24H23N3O5/c1-15-12-18(16(2)26(15)13-17-6-5-10-31-17)20(28)14-27-22(29)24(25-23(27)30)9-11-32-21-8-4-3-7-19(21)24/h3-8,10,12H,9,11,13-14H2,1-2H3,(H,25,30)/t24-/m0/s1. The largest absolute Gasteiger partial charge is 0.493 e. The number of imide groups is 1. The van der Waals surface area contributed by atoms with E-state index < -0.39 is 17.5 Å². The Bertz CT molecular complexity index is 1230. The first-order chi connectivity index (χ1) is 15.4. The number of rotatable bonds is 5. The number of hydrogen-bond donors (Lipinski definition) is 1. The van der Waals surface area contributed by atoms with Gasteiger partial charge in [-0.15, -0.1) is 0 Å². The lowest BCUT2D eigenvalue weighted by Crippen LogP contribution is -2.47. The van der Waals surface area contributed by atoms with E-state index in [1.165, 1.54) is 0 Å². The van der Waals surface area contributed by atoms with E-state index in [2.05, 4.69) is 5.32 Å². The maximum atomic E-state index is 13.4. The highest BCUT2D eigenvalue weighted by Crippen LogP contribution is 2.41. The van der Waals surface area contributed by atoms with Gasteiger partial charge in [0.05, 0.1) is 26.0 Å². The average Bonchev–Trinajstić information content (AvgIpc) is 3.46. The summed E-state index contributed by atoms with van der Waals surface area (Å²) in [5.41, 5.74) is 1.58. The molecule has 1 spiro atoms. The summed E-state index contributed by atoms with van der Waals surface area (Å²) in [7, 11) is 0. The minimum absolute atomic E-state index is 0.287. The Kier molecular flexibility index (Phi) is 4.65. The van der Waals surface area contributed by atoms with Crippen LogP contribution in [0.15, 0.2) is 53.1 Å². The molecular formula is C24H23N3O5. The molecule has 4 heterocycles. The molecule has 3 aromatic rings. The van der Waals surface area contributed by atoms with E-state index in [-0.39, 0.29) is 12.3 Å². The highest BCUT2D eigenvalue weighted by atomic mass is 16.5. The topological polar surface area (TPSA) is 93.8 Å². The van der Waals surface area contributed by atoms with Gasteiger partial charge in [0.1, 0.15) is 11.5 Å². The second-order valence-electron chi connectivity index (χ2n) is 8.19. The van der Waals surface area contributed by atoms with Gasteiger partial charge in [0.15, 0.2) is 11.3 Å². The predicted molar refractivity (Wildman–Crippen MR) is 115 cm³/mol. The van der Waals surface area contributed by atoms with E-state index >= 15 is 0 Å². The molecule has 8 heteroatoms. The molecule has 0 saturated carbocycles. The number of nitrogens with one attached hydrogen (secondary N) is 1. The summed E-state index contributed by atoms with van der Waals surface area (Å²) in [6, 6.07) is 12.1. The van der Waals surface area contributed by atoms with Crippen LogP contribution in [0.2, 0.25) is 0 Å². The summed E-state index contributed by atoms with van der Waals surface area (Å²) >= 11 is 0. The number of nitrogens with zero attached hydrogens (tertiary/aromatic N) is 2. The van der Waals surface area contributed by atoms with Gasteiger partial charge in [0.25, 0.3) is 5.91 Å². The molecule has 1 N–H and O–H groups in total. The summed E-state index contributed by atoms with van der Waals surface area (Å²) in [4.78, 5) is 40.4. The third-order valence-corrected chi connectivity index (χ3v) is 6.33. The van der Waals surface area contributed by atoms with E-state index in [1.807, 2.05) is 36.6 Å². The molecular weight excluding hydrogens is 410 g/mol. The second-order valence-corrected chi connectivity index (χ2v) is 8.19. The number of hydrogen-bond acceptors (Lipinski definition) is 5. The monoisotopic (exact) mass is 433 g/mol. The fourth-order valence-corrected chi connectivity index (χ4v) is 4.63. The van der Waals surface area contributed by atoms with Crippen LogP contribution in [0.1, 0.15) is 39.5 Å². The number of carbonyl (C=O) groups is 3. The maximum absolute atomic E-state index is 13.4. The van der Waals surface area contributed by atoms with Crippen LogP contribution in [0.5, 0.6) is 5.75 Å². The van der Waals surface area contributed by atoms with Gasteiger partial charge in [0, 0.05) is 28.9 Å². The minimum Gasteiger partial charge on any atom is -0.493 e. The zero-order chi connectivity index (χ0) is 22.5. The molecule has 1 saturated heterocycles. The van der Waals surface area contributed by atoms with Gasteiger partial charge in [-0.3, -0.25) is 14.5 Å². The van der Waals surface area contributed by atoms with Gasteiger partial charge >= 0.3 is 6.03 Å². The maximum Gasteiger partial charge on any atom is 0.325 e. The summed E-state index contributed by atoms with van der Waals surface area (Å²) < 4.78 is 13.1. The van der Waals surface area contributed by atoms with Crippen LogP contribution in [-0.4, -0.2) is 40.3 Å². The van der Waals surface area contributed by atoms with E-state index in [0.29, 0.717) is 36.4 Å². The number of aryl methyl sites for hydroxylation is 1. The van der Waals surface area contributed by atoms with Crippen molar-refractivity contribution in [1.82, 2.24) is 14.8 Å². The molecule has 1 fully saturated rings. The first-order valence-electron chi connectivity index (χ1n) is 10.5. The van der Waals surface area contributed by atoms with Crippen LogP contribution in [0, 0.1) is 13.8 Å². The zero-order valence-electron chi connectivity index (χ0n) is 17.9. The smallest absolute Gasteiger partial charge is 0.325 e. The highest BCUT2D eigenvalue weighted by Gasteiger charge is 2.55. The van der Waals surface area contributed by atoms with Crippen LogP contribution < -0.4 is 10.1 Å². The summed E-state index contributed by atoms with van der Waals surface area (Å²) in [5, 5.41) is 2.83. The molecule has 0 radical (unpaired) electrons. The molecule has 2 aromatic heterocycles. The lowest BCUT2D eigenvalue weighted by atomic mass is 9.84. The predicted octanol–water partition coefficient (Wildman–Crippen LogP) is 3.16. The number of aromatic nitrogens is 1. The van der Waals surface area contributed by atoms with Gasteiger partial charge in [-0.05, 0) is 38.1 Å². The van der Waals surface area contributed by atoms with Crippen molar-refractivity contribution in [2.75, 3.05) is 13.2 Å². The van der Waals surface area contributed by atoms with Crippen LogP contribution in [0.3, 0.4) is 0 Å². The number of para-hydroxylation sites is 1. The van der Waals surface area contributed by atoms with Gasteiger partial charge < -0.3 is 19.0 Å². The van der Waals surface area contributed by atoms with Crippen molar-refractivity contribution in [3.63, 3.8) is 0 Å². The van der Waals surface area contributed by atoms with Crippen molar-refractivity contribution in [2.24, 2.45) is 0 Å². The van der Waals surface area contributed by atoms with E-state index in [0.717, 1.165) is 22.0 Å². The molecule has 2 aliphatic heterocycles. The van der Waals surface area contributed by atoms with E-state index in [1.54, 1.807) is 30.5 Å². The number of fused-ring (bicyclic) bond motifs is 2. The summed E-state index contributed by atoms with van der Waals surface area (Å²) in [5.74, 6) is 0.641. The van der Waals surface area contributed by atoms with E-state index in [4.69, 9.17) is 9.15 Å². The van der Waals surface area contributed by atoms with Crippen molar-refractivity contribution in [3.8, 4) is 5.75 Å². The lowest BCUT2D eigenvalue weighted by molar-refractivity contribution is -0.132. The third kappa shape index (κ3) is 3.02. The number of ether oxygens (including phenoxy) is 1. The Balaban J connectivity index is 1.40. The number of benzene rings is 1. The molecule has 1 aromatic carbocycles. The van der Waals surface area contributed by atoms with Gasteiger partial charge in [-0.1, -0.05) is 18.2 Å². The van der Waals surface area contributed by atoms with Crippen LogP contribution in [0.25, 0.3) is 0 Å². The van der Waals surface area contributed by atoms with E-state index in [9.17, 15) is 14.4 Å². The molecule has 2 aliphatic rings. The fraction of sp³-hybridized carbons (Fsp3) is 0.292. The Labute approximate surface area is 184 Å². The molecule has 32 heavy (non-hydrogen) atoms. The number of urea groups is 1. The number of ketones is 1. The van der Waals surface area contributed by atoms with Gasteiger partial charge in [-0.2, -0.15) is 0 Å². The molecule has 1 atom stereocenters. The molecule has 8 nitrogen and oxygen atoms in total. The van der Waals surface area contributed by atoms with Crippen LogP contribution in [0.4, 0.5) is 4.79 Å². The summed E-state index contributed by atoms with van der Waals surface area (Å²) in [6.07, 6.45) is 1.92. The molecule has 164 valence electrons. The molecule has 5 rings (SSSR count). The Morgan fingerprint density at radius 3 is 2.75 bits per heavy atom. The number of furan rings is 1. The molecule has 3 amide bonds. The van der Waals surface area contributed by atoms with Crippen LogP contribution in [-0.2, 0) is 16.9 Å². The molecule has 0 aliphatic carbocycles. The Hall–Kier alpha value is -3.81. The zero-order valence-corrected chi connectivity index (χ0v) is 17.9. The number of Topliss-reactive ketones (excluding diaryl/α,β-unsaturated/α-hetero) is 1. The van der Waals surface area contributed by atoms with Gasteiger partial charge in [0.2, 0.25) is 0 Å². The van der Waals surface area contributed by atoms with Crippen molar-refractivity contribution in [1.29, 1.82) is 0 Å². The average molecular weight is 433 g/mol. The number of amides is 3. The third-order valence-electron chi connectivity index (χ3n) is 6.33. The highest BCUT2D eigenvalue weighted by molar-refractivity contribution is 6.12. The van der Waals surface area contributed by atoms with Crippen LogP contribution >= 0.6 is 0 Å². The first-order valence-corrected chi connectivity index (χ1v) is 10.5. The molecule has 0 unspecified atom stereocenters. The first kappa shape index (κ1) is 20.1. The van der Waals surface area contributed by atoms with Crippen molar-refractivity contribution in [3.05, 3.63) is 77.0 Å². The quantitative estimate of drug-likeness (QED) is 0.493. The minimum atomic E-state index is -1.19. The lowest BCUT2D eigenvalue weighted by Gasteiger charge is -2.33. The van der Waals surface area contributed by atoms with Gasteiger partial charge in [-0.25, -0.2) is 4.79 Å².